The molecule has 1 saturated carbocycles. The Labute approximate surface area is 113 Å². The fourth-order valence-corrected chi connectivity index (χ4v) is 2.47. The second kappa shape index (κ2) is 5.61. The predicted molar refractivity (Wildman–Crippen MR) is 72.6 cm³/mol. The Morgan fingerprint density at radius 1 is 1.37 bits per heavy atom. The van der Waals surface area contributed by atoms with Crippen LogP contribution in [-0.4, -0.2) is 23.3 Å². The van der Waals surface area contributed by atoms with E-state index in [9.17, 15) is 9.90 Å². The Hall–Kier alpha value is -1.55. The Balaban J connectivity index is 1.82. The van der Waals surface area contributed by atoms with E-state index in [1.807, 2.05) is 44.2 Å². The average molecular weight is 263 g/mol. The van der Waals surface area contributed by atoms with E-state index in [4.69, 9.17) is 4.74 Å². The highest BCUT2D eigenvalue weighted by Crippen LogP contribution is 2.37. The van der Waals surface area contributed by atoms with E-state index in [0.717, 1.165) is 18.4 Å². The van der Waals surface area contributed by atoms with Crippen LogP contribution < -0.4 is 5.32 Å². The normalized spacial score (nSPS) is 25.0. The van der Waals surface area contributed by atoms with Crippen LogP contribution in [0.15, 0.2) is 30.3 Å². The standard InChI is InChI=1S/C15H21NO3/c1-15(2)12(8-9-13(15)17)16-14(18)19-10-11-6-4-3-5-7-11/h3-7,12-13,17H,8-10H2,1-2H3,(H,16,18)/t12-,13+/m1/s1. The Morgan fingerprint density at radius 2 is 2.05 bits per heavy atom. The molecule has 0 spiro atoms. The molecule has 1 amide bonds. The van der Waals surface area contributed by atoms with Crippen LogP contribution in [-0.2, 0) is 11.3 Å². The molecule has 104 valence electrons. The molecule has 2 rings (SSSR count). The first-order valence-corrected chi connectivity index (χ1v) is 6.65. The van der Waals surface area contributed by atoms with Crippen molar-refractivity contribution in [3.63, 3.8) is 0 Å². The van der Waals surface area contributed by atoms with Gasteiger partial charge in [0.05, 0.1) is 6.10 Å². The molecule has 0 heterocycles. The molecule has 2 atom stereocenters. The number of hydrogen-bond acceptors (Lipinski definition) is 3. The smallest absolute Gasteiger partial charge is 0.407 e. The van der Waals surface area contributed by atoms with Crippen LogP contribution in [0.2, 0.25) is 0 Å². The van der Waals surface area contributed by atoms with E-state index in [1.165, 1.54) is 0 Å². The van der Waals surface area contributed by atoms with Gasteiger partial charge in [-0.05, 0) is 18.4 Å². The van der Waals surface area contributed by atoms with Gasteiger partial charge in [-0.1, -0.05) is 44.2 Å². The highest BCUT2D eigenvalue weighted by Gasteiger charge is 2.43. The summed E-state index contributed by atoms with van der Waals surface area (Å²) >= 11 is 0. The highest BCUT2D eigenvalue weighted by molar-refractivity contribution is 5.67. The molecule has 1 fully saturated rings. The topological polar surface area (TPSA) is 58.6 Å². The Bertz CT molecular complexity index is 430. The van der Waals surface area contributed by atoms with Gasteiger partial charge in [0.1, 0.15) is 6.61 Å². The number of nitrogens with one attached hydrogen (secondary N) is 1. The third-order valence-electron chi connectivity index (χ3n) is 3.99. The SMILES string of the molecule is CC1(C)[C@@H](O)CC[C@H]1NC(=O)OCc1ccccc1. The molecular weight excluding hydrogens is 242 g/mol. The molecule has 1 aromatic carbocycles. The van der Waals surface area contributed by atoms with Gasteiger partial charge in [0.25, 0.3) is 0 Å². The first-order valence-electron chi connectivity index (χ1n) is 6.65. The molecule has 0 bridgehead atoms. The third-order valence-corrected chi connectivity index (χ3v) is 3.99. The lowest BCUT2D eigenvalue weighted by Gasteiger charge is -2.30. The molecule has 0 unspecified atom stereocenters. The number of ether oxygens (including phenoxy) is 1. The summed E-state index contributed by atoms with van der Waals surface area (Å²) in [7, 11) is 0. The number of carbonyl (C=O) groups excluding carboxylic acids is 1. The summed E-state index contributed by atoms with van der Waals surface area (Å²) in [5.41, 5.74) is 0.662. The van der Waals surface area contributed by atoms with Gasteiger partial charge in [-0.2, -0.15) is 0 Å². The average Bonchev–Trinajstić information content (AvgIpc) is 2.64. The number of alkyl carbamates (subject to hydrolysis) is 1. The number of rotatable bonds is 3. The maximum absolute atomic E-state index is 11.8. The van der Waals surface area contributed by atoms with E-state index < -0.39 is 6.09 Å². The van der Waals surface area contributed by atoms with Crippen molar-refractivity contribution in [1.82, 2.24) is 5.32 Å². The lowest BCUT2D eigenvalue weighted by Crippen LogP contribution is -2.45. The van der Waals surface area contributed by atoms with Crippen LogP contribution in [0.3, 0.4) is 0 Å². The minimum absolute atomic E-state index is 0.0363. The third kappa shape index (κ3) is 3.26. The number of aliphatic hydroxyl groups is 1. The zero-order valence-corrected chi connectivity index (χ0v) is 11.4. The molecule has 0 aliphatic heterocycles. The summed E-state index contributed by atoms with van der Waals surface area (Å²) in [6.07, 6.45) is 0.716. The maximum atomic E-state index is 11.8. The molecular formula is C15H21NO3. The van der Waals surface area contributed by atoms with Crippen LogP contribution in [0.1, 0.15) is 32.3 Å². The van der Waals surface area contributed by atoms with E-state index in [-0.39, 0.29) is 24.2 Å². The fourth-order valence-electron chi connectivity index (χ4n) is 2.47. The lowest BCUT2D eigenvalue weighted by molar-refractivity contribution is 0.0612. The highest BCUT2D eigenvalue weighted by atomic mass is 16.5. The Morgan fingerprint density at radius 3 is 2.63 bits per heavy atom. The van der Waals surface area contributed by atoms with Crippen molar-refractivity contribution in [3.8, 4) is 0 Å². The fraction of sp³-hybridized carbons (Fsp3) is 0.533. The van der Waals surface area contributed by atoms with Gasteiger partial charge in [0.2, 0.25) is 0 Å². The summed E-state index contributed by atoms with van der Waals surface area (Å²) < 4.78 is 5.19. The molecule has 1 aliphatic rings. The molecule has 1 aliphatic carbocycles. The quantitative estimate of drug-likeness (QED) is 0.880. The van der Waals surface area contributed by atoms with Crippen LogP contribution in [0.5, 0.6) is 0 Å². The van der Waals surface area contributed by atoms with Gasteiger partial charge in [-0.3, -0.25) is 0 Å². The molecule has 0 saturated heterocycles. The predicted octanol–water partition coefficient (Wildman–Crippen LogP) is 2.46. The molecule has 0 radical (unpaired) electrons. The van der Waals surface area contributed by atoms with Gasteiger partial charge in [0.15, 0.2) is 0 Å². The van der Waals surface area contributed by atoms with Crippen LogP contribution in [0.25, 0.3) is 0 Å². The number of amides is 1. The Kier molecular flexibility index (Phi) is 4.10. The van der Waals surface area contributed by atoms with E-state index in [2.05, 4.69) is 5.32 Å². The van der Waals surface area contributed by atoms with Crippen LogP contribution in [0, 0.1) is 5.41 Å². The summed E-state index contributed by atoms with van der Waals surface area (Å²) in [5.74, 6) is 0. The minimum atomic E-state index is -0.420. The second-order valence-electron chi connectivity index (χ2n) is 5.67. The number of benzene rings is 1. The van der Waals surface area contributed by atoms with Crippen molar-refractivity contribution in [2.24, 2.45) is 5.41 Å². The molecule has 0 aromatic heterocycles. The van der Waals surface area contributed by atoms with E-state index >= 15 is 0 Å². The number of carbonyl (C=O) groups is 1. The zero-order chi connectivity index (χ0) is 13.9. The molecule has 2 N–H and O–H groups in total. The zero-order valence-electron chi connectivity index (χ0n) is 11.4. The lowest BCUT2D eigenvalue weighted by atomic mass is 9.85. The van der Waals surface area contributed by atoms with Crippen molar-refractivity contribution in [2.75, 3.05) is 0 Å². The number of aliphatic hydroxyl groups excluding tert-OH is 1. The summed E-state index contributed by atoms with van der Waals surface area (Å²) in [4.78, 5) is 11.8. The number of hydrogen-bond donors (Lipinski definition) is 2. The van der Waals surface area contributed by atoms with Gasteiger partial charge in [-0.25, -0.2) is 4.79 Å². The van der Waals surface area contributed by atoms with Crippen molar-refractivity contribution in [3.05, 3.63) is 35.9 Å². The molecule has 19 heavy (non-hydrogen) atoms. The summed E-state index contributed by atoms with van der Waals surface area (Å²) in [6, 6.07) is 9.53. The van der Waals surface area contributed by atoms with Crippen molar-refractivity contribution in [2.45, 2.75) is 45.4 Å². The van der Waals surface area contributed by atoms with Gasteiger partial charge in [0, 0.05) is 11.5 Å². The van der Waals surface area contributed by atoms with E-state index in [0.29, 0.717) is 0 Å². The van der Waals surface area contributed by atoms with Crippen molar-refractivity contribution < 1.29 is 14.6 Å². The first-order chi connectivity index (χ1) is 9.00. The summed E-state index contributed by atoms with van der Waals surface area (Å²) in [5, 5.41) is 12.7. The van der Waals surface area contributed by atoms with E-state index in [1.54, 1.807) is 0 Å². The van der Waals surface area contributed by atoms with Crippen LogP contribution >= 0.6 is 0 Å². The van der Waals surface area contributed by atoms with Crippen molar-refractivity contribution >= 4 is 6.09 Å². The van der Waals surface area contributed by atoms with Gasteiger partial charge >= 0.3 is 6.09 Å². The van der Waals surface area contributed by atoms with Gasteiger partial charge in [-0.15, -0.1) is 0 Å². The minimum Gasteiger partial charge on any atom is -0.445 e. The molecule has 1 aromatic rings. The molecule has 4 nitrogen and oxygen atoms in total. The van der Waals surface area contributed by atoms with Gasteiger partial charge < -0.3 is 15.2 Å². The largest absolute Gasteiger partial charge is 0.445 e. The molecule has 4 heteroatoms. The monoisotopic (exact) mass is 263 g/mol. The maximum Gasteiger partial charge on any atom is 0.407 e. The first kappa shape index (κ1) is 13.9. The summed E-state index contributed by atoms with van der Waals surface area (Å²) in [6.45, 7) is 4.20. The second-order valence-corrected chi connectivity index (χ2v) is 5.67. The van der Waals surface area contributed by atoms with Crippen molar-refractivity contribution in [1.29, 1.82) is 0 Å². The van der Waals surface area contributed by atoms with Crippen LogP contribution in [0.4, 0.5) is 4.79 Å².